The third-order valence-corrected chi connectivity index (χ3v) is 4.12. The molecule has 3 rings (SSSR count). The second kappa shape index (κ2) is 6.65. The van der Waals surface area contributed by atoms with Gasteiger partial charge in [-0.1, -0.05) is 48.0 Å². The summed E-state index contributed by atoms with van der Waals surface area (Å²) in [6.07, 6.45) is 0.346. The van der Waals surface area contributed by atoms with Gasteiger partial charge >= 0.3 is 0 Å². The van der Waals surface area contributed by atoms with Crippen LogP contribution in [0.2, 0.25) is 0 Å². The minimum absolute atomic E-state index is 0.00918. The molecule has 4 heteroatoms. The molecule has 1 aliphatic heterocycles. The maximum atomic E-state index is 12.4. The highest BCUT2D eigenvalue weighted by molar-refractivity contribution is 5.98. The van der Waals surface area contributed by atoms with E-state index in [1.807, 2.05) is 61.5 Å². The Morgan fingerprint density at radius 2 is 1.70 bits per heavy atom. The van der Waals surface area contributed by atoms with Crippen molar-refractivity contribution in [1.29, 1.82) is 0 Å². The number of piperazine rings is 1. The van der Waals surface area contributed by atoms with Crippen molar-refractivity contribution in [3.8, 4) is 0 Å². The number of anilines is 1. The molecule has 1 aliphatic rings. The van der Waals surface area contributed by atoms with Crippen molar-refractivity contribution in [3.05, 3.63) is 65.7 Å². The van der Waals surface area contributed by atoms with E-state index in [9.17, 15) is 9.59 Å². The smallest absolute Gasteiger partial charge is 0.246 e. The molecule has 0 bridgehead atoms. The molecule has 23 heavy (non-hydrogen) atoms. The zero-order chi connectivity index (χ0) is 16.2. The van der Waals surface area contributed by atoms with Gasteiger partial charge in [-0.05, 0) is 24.6 Å². The van der Waals surface area contributed by atoms with Crippen molar-refractivity contribution < 1.29 is 9.59 Å². The molecule has 0 radical (unpaired) electrons. The molecule has 0 spiro atoms. The van der Waals surface area contributed by atoms with Gasteiger partial charge in [-0.25, -0.2) is 0 Å². The molecule has 2 aromatic rings. The molecule has 2 aromatic carbocycles. The Labute approximate surface area is 136 Å². The molecule has 0 aliphatic carbocycles. The van der Waals surface area contributed by atoms with Crippen molar-refractivity contribution in [3.63, 3.8) is 0 Å². The van der Waals surface area contributed by atoms with Gasteiger partial charge in [-0.3, -0.25) is 9.59 Å². The van der Waals surface area contributed by atoms with Crippen LogP contribution >= 0.6 is 0 Å². The number of amides is 2. The van der Waals surface area contributed by atoms with E-state index in [2.05, 4.69) is 0 Å². The molecule has 0 N–H and O–H groups in total. The number of hydrogen-bond acceptors (Lipinski definition) is 2. The van der Waals surface area contributed by atoms with Gasteiger partial charge in [0.15, 0.2) is 0 Å². The van der Waals surface area contributed by atoms with Crippen molar-refractivity contribution in [2.24, 2.45) is 0 Å². The largest absolute Gasteiger partial charge is 0.331 e. The standard InChI is InChI=1S/C19H20N2O2/c1-15-7-9-16(10-8-15)13-18(22)20-11-12-21(19(23)14-20)17-5-3-2-4-6-17/h2-10H,11-14H2,1H3. The van der Waals surface area contributed by atoms with Gasteiger partial charge in [0.25, 0.3) is 0 Å². The number of aryl methyl sites for hydroxylation is 1. The summed E-state index contributed by atoms with van der Waals surface area (Å²) in [5.41, 5.74) is 3.05. The maximum absolute atomic E-state index is 12.4. The molecule has 1 heterocycles. The first-order chi connectivity index (χ1) is 11.1. The van der Waals surface area contributed by atoms with Crippen molar-refractivity contribution >= 4 is 17.5 Å². The van der Waals surface area contributed by atoms with Crippen molar-refractivity contribution in [1.82, 2.24) is 4.90 Å². The van der Waals surface area contributed by atoms with Crippen molar-refractivity contribution in [2.75, 3.05) is 24.5 Å². The molecule has 4 nitrogen and oxygen atoms in total. The lowest BCUT2D eigenvalue weighted by Gasteiger charge is -2.34. The summed E-state index contributed by atoms with van der Waals surface area (Å²) in [7, 11) is 0. The molecular weight excluding hydrogens is 288 g/mol. The summed E-state index contributed by atoms with van der Waals surface area (Å²) >= 11 is 0. The lowest BCUT2D eigenvalue weighted by molar-refractivity contribution is -0.136. The number of para-hydroxylation sites is 1. The molecule has 0 unspecified atom stereocenters. The summed E-state index contributed by atoms with van der Waals surface area (Å²) in [6, 6.07) is 17.5. The molecule has 1 saturated heterocycles. The maximum Gasteiger partial charge on any atom is 0.246 e. The Morgan fingerprint density at radius 1 is 1.00 bits per heavy atom. The van der Waals surface area contributed by atoms with Crippen molar-refractivity contribution in [2.45, 2.75) is 13.3 Å². The second-order valence-corrected chi connectivity index (χ2v) is 5.86. The number of carbonyl (C=O) groups excluding carboxylic acids is 2. The number of carbonyl (C=O) groups is 2. The first-order valence-corrected chi connectivity index (χ1v) is 7.82. The van der Waals surface area contributed by atoms with E-state index in [-0.39, 0.29) is 18.4 Å². The van der Waals surface area contributed by atoms with Gasteiger partial charge in [0, 0.05) is 18.8 Å². The number of nitrogens with zero attached hydrogens (tertiary/aromatic N) is 2. The Hall–Kier alpha value is -2.62. The molecule has 118 valence electrons. The number of benzene rings is 2. The van der Waals surface area contributed by atoms with E-state index < -0.39 is 0 Å². The van der Waals surface area contributed by atoms with Crippen LogP contribution in [0.25, 0.3) is 0 Å². The Bertz CT molecular complexity index is 695. The van der Waals surface area contributed by atoms with Crippen LogP contribution in [0.1, 0.15) is 11.1 Å². The normalized spacial score (nSPS) is 14.9. The van der Waals surface area contributed by atoms with Crippen LogP contribution < -0.4 is 4.90 Å². The summed E-state index contributed by atoms with van der Waals surface area (Å²) in [5, 5.41) is 0. The molecule has 0 atom stereocenters. The summed E-state index contributed by atoms with van der Waals surface area (Å²) in [4.78, 5) is 28.1. The fourth-order valence-electron chi connectivity index (χ4n) is 2.76. The predicted octanol–water partition coefficient (Wildman–Crippen LogP) is 2.41. The molecule has 0 saturated carbocycles. The lowest BCUT2D eigenvalue weighted by Crippen LogP contribution is -2.52. The zero-order valence-corrected chi connectivity index (χ0v) is 13.2. The van der Waals surface area contributed by atoms with Gasteiger partial charge in [0.1, 0.15) is 6.54 Å². The minimum Gasteiger partial charge on any atom is -0.331 e. The minimum atomic E-state index is -0.0280. The fourth-order valence-corrected chi connectivity index (χ4v) is 2.76. The highest BCUT2D eigenvalue weighted by Crippen LogP contribution is 2.17. The molecule has 0 aromatic heterocycles. The van der Waals surface area contributed by atoms with Crippen LogP contribution in [-0.4, -0.2) is 36.3 Å². The van der Waals surface area contributed by atoms with E-state index in [0.717, 1.165) is 11.3 Å². The fraction of sp³-hybridized carbons (Fsp3) is 0.263. The predicted molar refractivity (Wildman–Crippen MR) is 90.3 cm³/mol. The molecule has 1 fully saturated rings. The molecule has 2 amide bonds. The first kappa shape index (κ1) is 15.3. The van der Waals surface area contributed by atoms with Gasteiger partial charge in [-0.15, -0.1) is 0 Å². The first-order valence-electron chi connectivity index (χ1n) is 7.82. The van der Waals surface area contributed by atoms with E-state index in [1.54, 1.807) is 9.80 Å². The van der Waals surface area contributed by atoms with Crippen LogP contribution in [0.4, 0.5) is 5.69 Å². The van der Waals surface area contributed by atoms with Crippen LogP contribution in [0.5, 0.6) is 0 Å². The van der Waals surface area contributed by atoms with Gasteiger partial charge in [0.2, 0.25) is 11.8 Å². The topological polar surface area (TPSA) is 40.6 Å². The number of hydrogen-bond donors (Lipinski definition) is 0. The zero-order valence-electron chi connectivity index (χ0n) is 13.2. The summed E-state index contributed by atoms with van der Waals surface area (Å²) in [6.45, 7) is 3.29. The van der Waals surface area contributed by atoms with Gasteiger partial charge in [0.05, 0.1) is 6.42 Å². The van der Waals surface area contributed by atoms with Crippen LogP contribution in [0.15, 0.2) is 54.6 Å². The third-order valence-electron chi connectivity index (χ3n) is 4.12. The average Bonchev–Trinajstić information content (AvgIpc) is 2.57. The quantitative estimate of drug-likeness (QED) is 0.873. The number of rotatable bonds is 3. The molecular formula is C19H20N2O2. The van der Waals surface area contributed by atoms with E-state index in [0.29, 0.717) is 19.5 Å². The SMILES string of the molecule is Cc1ccc(CC(=O)N2CCN(c3ccccc3)C(=O)C2)cc1. The van der Waals surface area contributed by atoms with E-state index in [1.165, 1.54) is 5.56 Å². The average molecular weight is 308 g/mol. The van der Waals surface area contributed by atoms with Crippen LogP contribution in [0, 0.1) is 6.92 Å². The van der Waals surface area contributed by atoms with E-state index in [4.69, 9.17) is 0 Å². The summed E-state index contributed by atoms with van der Waals surface area (Å²) in [5.74, 6) is -0.0189. The lowest BCUT2D eigenvalue weighted by atomic mass is 10.1. The third kappa shape index (κ3) is 3.59. The van der Waals surface area contributed by atoms with Gasteiger partial charge in [-0.2, -0.15) is 0 Å². The van der Waals surface area contributed by atoms with E-state index >= 15 is 0 Å². The van der Waals surface area contributed by atoms with Gasteiger partial charge < -0.3 is 9.80 Å². The Kier molecular flexibility index (Phi) is 4.42. The highest BCUT2D eigenvalue weighted by atomic mass is 16.2. The Morgan fingerprint density at radius 3 is 2.35 bits per heavy atom. The monoisotopic (exact) mass is 308 g/mol. The Balaban J connectivity index is 1.62. The second-order valence-electron chi connectivity index (χ2n) is 5.86. The highest BCUT2D eigenvalue weighted by Gasteiger charge is 2.27. The van der Waals surface area contributed by atoms with Crippen LogP contribution in [-0.2, 0) is 16.0 Å². The van der Waals surface area contributed by atoms with Crippen LogP contribution in [0.3, 0.4) is 0 Å². The summed E-state index contributed by atoms with van der Waals surface area (Å²) < 4.78 is 0.